The van der Waals surface area contributed by atoms with E-state index < -0.39 is 22.9 Å². The Morgan fingerprint density at radius 2 is 1.83 bits per heavy atom. The molecule has 0 heterocycles. The number of carbonyl (C=O) groups excluding carboxylic acids is 2. The first-order valence-corrected chi connectivity index (χ1v) is 8.80. The Hall–Kier alpha value is -3.62. The average molecular weight is 401 g/mol. The molecule has 0 spiro atoms. The summed E-state index contributed by atoms with van der Waals surface area (Å²) >= 11 is 0. The largest absolute Gasteiger partial charge is 0.497 e. The van der Waals surface area contributed by atoms with Crippen LogP contribution in [0.15, 0.2) is 42.5 Å². The lowest BCUT2D eigenvalue weighted by Crippen LogP contribution is -2.35. The van der Waals surface area contributed by atoms with E-state index in [4.69, 9.17) is 9.47 Å². The number of carbonyl (C=O) groups is 2. The van der Waals surface area contributed by atoms with E-state index in [1.54, 1.807) is 50.4 Å². The number of rotatable bonds is 8. The summed E-state index contributed by atoms with van der Waals surface area (Å²) in [5.74, 6) is -0.587. The van der Waals surface area contributed by atoms with Crippen LogP contribution in [0, 0.1) is 10.1 Å². The minimum Gasteiger partial charge on any atom is -0.497 e. The van der Waals surface area contributed by atoms with Gasteiger partial charge in [0.25, 0.3) is 11.6 Å². The van der Waals surface area contributed by atoms with Gasteiger partial charge in [-0.2, -0.15) is 0 Å². The maximum absolute atomic E-state index is 12.3. The molecule has 9 nitrogen and oxygen atoms in total. The molecule has 0 saturated heterocycles. The van der Waals surface area contributed by atoms with Crippen molar-refractivity contribution in [1.29, 1.82) is 0 Å². The summed E-state index contributed by atoms with van der Waals surface area (Å²) < 4.78 is 10.2. The lowest BCUT2D eigenvalue weighted by atomic mass is 10.1. The van der Waals surface area contributed by atoms with E-state index in [0.29, 0.717) is 11.4 Å². The van der Waals surface area contributed by atoms with E-state index in [1.807, 2.05) is 0 Å². The predicted octanol–water partition coefficient (Wildman–Crippen LogP) is 2.53. The minimum atomic E-state index is -1.06. The van der Waals surface area contributed by atoms with E-state index >= 15 is 0 Å². The molecule has 9 heteroatoms. The van der Waals surface area contributed by atoms with Crippen LogP contribution in [0.1, 0.15) is 22.8 Å². The van der Waals surface area contributed by atoms with Crippen LogP contribution in [-0.2, 0) is 16.1 Å². The van der Waals surface area contributed by atoms with Crippen molar-refractivity contribution in [2.45, 2.75) is 19.6 Å². The van der Waals surface area contributed by atoms with Crippen LogP contribution in [0.4, 0.5) is 11.4 Å². The Balaban J connectivity index is 1.99. The van der Waals surface area contributed by atoms with Gasteiger partial charge in [-0.25, -0.2) is 4.79 Å². The van der Waals surface area contributed by atoms with Crippen molar-refractivity contribution < 1.29 is 24.0 Å². The fraction of sp³-hybridized carbons (Fsp3) is 0.300. The smallest absolute Gasteiger partial charge is 0.339 e. The molecular formula is C20H23N3O6. The van der Waals surface area contributed by atoms with Crippen molar-refractivity contribution in [2.75, 3.05) is 26.1 Å². The van der Waals surface area contributed by atoms with Gasteiger partial charge in [-0.05, 0) is 36.8 Å². The molecule has 0 saturated carbocycles. The second kappa shape index (κ2) is 9.54. The number of nitro groups is 1. The number of hydrogen-bond acceptors (Lipinski definition) is 7. The molecule has 0 aromatic heterocycles. The minimum absolute atomic E-state index is 0.00268. The Bertz CT molecular complexity index is 896. The zero-order valence-corrected chi connectivity index (χ0v) is 16.7. The van der Waals surface area contributed by atoms with E-state index in [2.05, 4.69) is 5.32 Å². The third-order valence-electron chi connectivity index (χ3n) is 4.17. The molecule has 1 N–H and O–H groups in total. The van der Waals surface area contributed by atoms with Gasteiger partial charge in [-0.1, -0.05) is 12.1 Å². The topological polar surface area (TPSA) is 111 Å². The zero-order chi connectivity index (χ0) is 21.6. The summed E-state index contributed by atoms with van der Waals surface area (Å²) in [6.07, 6.45) is -1.06. The second-order valence-corrected chi connectivity index (χ2v) is 6.47. The van der Waals surface area contributed by atoms with E-state index in [0.717, 1.165) is 11.6 Å². The Kier molecular flexibility index (Phi) is 7.13. The van der Waals surface area contributed by atoms with Gasteiger partial charge >= 0.3 is 5.97 Å². The van der Waals surface area contributed by atoms with Crippen LogP contribution >= 0.6 is 0 Å². The first-order chi connectivity index (χ1) is 13.7. The molecule has 29 heavy (non-hydrogen) atoms. The molecule has 0 unspecified atom stereocenters. The van der Waals surface area contributed by atoms with E-state index in [1.165, 1.54) is 19.1 Å². The molecule has 0 radical (unpaired) electrons. The van der Waals surface area contributed by atoms with Crippen molar-refractivity contribution in [1.82, 2.24) is 5.32 Å². The van der Waals surface area contributed by atoms with Crippen molar-refractivity contribution in [3.8, 4) is 5.75 Å². The second-order valence-electron chi connectivity index (χ2n) is 6.47. The third kappa shape index (κ3) is 5.68. The van der Waals surface area contributed by atoms with Crippen LogP contribution < -0.4 is 15.0 Å². The summed E-state index contributed by atoms with van der Waals surface area (Å²) in [7, 11) is 4.89. The number of benzene rings is 2. The Morgan fingerprint density at radius 1 is 1.17 bits per heavy atom. The first kappa shape index (κ1) is 21.7. The van der Waals surface area contributed by atoms with Crippen molar-refractivity contribution in [3.63, 3.8) is 0 Å². The van der Waals surface area contributed by atoms with Gasteiger partial charge in [-0.15, -0.1) is 0 Å². The van der Waals surface area contributed by atoms with Gasteiger partial charge in [0.05, 0.1) is 17.6 Å². The quantitative estimate of drug-likeness (QED) is 0.411. The molecule has 2 rings (SSSR count). The molecule has 0 fully saturated rings. The van der Waals surface area contributed by atoms with Gasteiger partial charge in [-0.3, -0.25) is 14.9 Å². The highest BCUT2D eigenvalue weighted by molar-refractivity contribution is 5.93. The molecule has 0 bridgehead atoms. The van der Waals surface area contributed by atoms with Crippen LogP contribution in [0.3, 0.4) is 0 Å². The van der Waals surface area contributed by atoms with Gasteiger partial charge < -0.3 is 19.7 Å². The summed E-state index contributed by atoms with van der Waals surface area (Å²) in [6.45, 7) is 1.69. The fourth-order valence-electron chi connectivity index (χ4n) is 2.53. The maximum Gasteiger partial charge on any atom is 0.339 e. The highest BCUT2D eigenvalue weighted by Gasteiger charge is 2.23. The molecule has 0 aliphatic carbocycles. The highest BCUT2D eigenvalue weighted by Crippen LogP contribution is 2.28. The number of nitrogens with one attached hydrogen (secondary N) is 1. The summed E-state index contributed by atoms with van der Waals surface area (Å²) in [5, 5.41) is 13.9. The molecule has 2 aromatic rings. The van der Waals surface area contributed by atoms with Crippen molar-refractivity contribution >= 4 is 23.3 Å². The monoisotopic (exact) mass is 401 g/mol. The number of ether oxygens (including phenoxy) is 2. The lowest BCUT2D eigenvalue weighted by Gasteiger charge is -2.15. The SMILES string of the molecule is COc1ccc(CNC(=O)[C@H](C)OC(=O)c2ccc(N(C)C)c([N+](=O)[O-])c2)cc1. The molecule has 0 aliphatic heterocycles. The fourth-order valence-corrected chi connectivity index (χ4v) is 2.53. The highest BCUT2D eigenvalue weighted by atomic mass is 16.6. The molecular weight excluding hydrogens is 378 g/mol. The van der Waals surface area contributed by atoms with Crippen LogP contribution in [0.2, 0.25) is 0 Å². The average Bonchev–Trinajstić information content (AvgIpc) is 2.71. The van der Waals surface area contributed by atoms with Crippen LogP contribution in [0.5, 0.6) is 5.75 Å². The molecule has 1 atom stereocenters. The molecule has 0 aliphatic rings. The number of nitro benzene ring substituents is 1. The van der Waals surface area contributed by atoms with Gasteiger partial charge in [0.15, 0.2) is 6.10 Å². The number of esters is 1. The zero-order valence-electron chi connectivity index (χ0n) is 16.7. The normalized spacial score (nSPS) is 11.3. The van der Waals surface area contributed by atoms with Gasteiger partial charge in [0, 0.05) is 26.7 Å². The molecule has 2 aromatic carbocycles. The number of nitrogens with zero attached hydrogens (tertiary/aromatic N) is 2. The number of amides is 1. The summed E-state index contributed by atoms with van der Waals surface area (Å²) in [5.41, 5.74) is 0.988. The number of hydrogen-bond donors (Lipinski definition) is 1. The van der Waals surface area contributed by atoms with Crippen molar-refractivity contribution in [3.05, 3.63) is 63.7 Å². The standard InChI is InChI=1S/C20H23N3O6/c1-13(19(24)21-12-14-5-8-16(28-4)9-6-14)29-20(25)15-7-10-17(22(2)3)18(11-15)23(26)27/h5-11,13H,12H2,1-4H3,(H,21,24)/t13-/m0/s1. The van der Waals surface area contributed by atoms with Crippen LogP contribution in [0.25, 0.3) is 0 Å². The molecule has 154 valence electrons. The van der Waals surface area contributed by atoms with E-state index in [9.17, 15) is 19.7 Å². The van der Waals surface area contributed by atoms with Gasteiger partial charge in [0.1, 0.15) is 11.4 Å². The lowest BCUT2D eigenvalue weighted by molar-refractivity contribution is -0.384. The Labute approximate surface area is 168 Å². The Morgan fingerprint density at radius 3 is 2.38 bits per heavy atom. The van der Waals surface area contributed by atoms with Crippen molar-refractivity contribution in [2.24, 2.45) is 0 Å². The van der Waals surface area contributed by atoms with E-state index in [-0.39, 0.29) is 17.8 Å². The number of anilines is 1. The third-order valence-corrected chi connectivity index (χ3v) is 4.17. The predicted molar refractivity (Wildman–Crippen MR) is 107 cm³/mol. The number of methoxy groups -OCH3 is 1. The summed E-state index contributed by atoms with van der Waals surface area (Å²) in [6, 6.07) is 11.2. The first-order valence-electron chi connectivity index (χ1n) is 8.80. The molecule has 1 amide bonds. The van der Waals surface area contributed by atoms with Crippen LogP contribution in [-0.4, -0.2) is 44.1 Å². The van der Waals surface area contributed by atoms with Gasteiger partial charge in [0.2, 0.25) is 0 Å². The maximum atomic E-state index is 12.3. The summed E-state index contributed by atoms with van der Waals surface area (Å²) in [4.78, 5) is 36.8.